The van der Waals surface area contributed by atoms with E-state index in [1.54, 1.807) is 6.33 Å². The number of carbonyl (C=O) groups is 1. The maximum Gasteiger partial charge on any atom is 0.255 e. The van der Waals surface area contributed by atoms with Gasteiger partial charge in [-0.1, -0.05) is 6.07 Å². The first-order valence-corrected chi connectivity index (χ1v) is 9.70. The number of likely N-dealkylation sites (tertiary alicyclic amines) is 1. The molecule has 0 spiro atoms. The summed E-state index contributed by atoms with van der Waals surface area (Å²) in [6, 6.07) is 11.0. The molecule has 1 aliphatic heterocycles. The fourth-order valence-electron chi connectivity index (χ4n) is 4.16. The maximum absolute atomic E-state index is 12.9. The maximum atomic E-state index is 12.9. The van der Waals surface area contributed by atoms with Crippen LogP contribution in [-0.2, 0) is 0 Å². The van der Waals surface area contributed by atoms with Crippen LogP contribution in [0.15, 0.2) is 55.2 Å². The molecule has 1 saturated heterocycles. The molecule has 3 aromatic rings. The number of piperidine rings is 1. The summed E-state index contributed by atoms with van der Waals surface area (Å²) in [6.45, 7) is 1.59. The smallest absolute Gasteiger partial charge is 0.255 e. The average Bonchev–Trinajstić information content (AvgIpc) is 3.45. The molecule has 0 N–H and O–H groups in total. The summed E-state index contributed by atoms with van der Waals surface area (Å²) < 4.78 is 2.00. The Kier molecular flexibility index (Phi) is 4.03. The second-order valence-corrected chi connectivity index (χ2v) is 7.49. The number of hydrogen-bond acceptors (Lipinski definition) is 4. The molecule has 138 valence electrons. The van der Waals surface area contributed by atoms with Gasteiger partial charge in [0.25, 0.3) is 5.91 Å². The molecule has 5 rings (SSSR count). The Morgan fingerprint density at radius 3 is 2.59 bits per heavy atom. The second kappa shape index (κ2) is 6.68. The lowest BCUT2D eigenvalue weighted by Crippen LogP contribution is -2.48. The van der Waals surface area contributed by atoms with Crippen molar-refractivity contribution in [1.29, 1.82) is 0 Å². The van der Waals surface area contributed by atoms with E-state index in [0.29, 0.717) is 12.1 Å². The van der Waals surface area contributed by atoms with Crippen molar-refractivity contribution in [2.75, 3.05) is 18.0 Å². The lowest BCUT2D eigenvalue weighted by Gasteiger charge is -2.39. The van der Waals surface area contributed by atoms with E-state index in [0.717, 1.165) is 42.8 Å². The van der Waals surface area contributed by atoms with Crippen LogP contribution in [0.2, 0.25) is 0 Å². The fourth-order valence-corrected chi connectivity index (χ4v) is 4.16. The van der Waals surface area contributed by atoms with E-state index in [1.807, 2.05) is 58.2 Å². The third-order valence-electron chi connectivity index (χ3n) is 5.67. The summed E-state index contributed by atoms with van der Waals surface area (Å²) in [7, 11) is 0. The van der Waals surface area contributed by atoms with Crippen LogP contribution < -0.4 is 4.90 Å². The SMILES string of the molecule is O=C(c1cc2ccccn2c1)N1CCC(N(c2ccncn2)C2CC2)CC1. The third kappa shape index (κ3) is 3.16. The summed E-state index contributed by atoms with van der Waals surface area (Å²) in [5.74, 6) is 1.16. The summed E-state index contributed by atoms with van der Waals surface area (Å²) in [5, 5.41) is 0. The summed E-state index contributed by atoms with van der Waals surface area (Å²) >= 11 is 0. The Labute approximate surface area is 158 Å². The minimum atomic E-state index is 0.136. The van der Waals surface area contributed by atoms with Gasteiger partial charge in [-0.25, -0.2) is 9.97 Å². The normalized spacial score (nSPS) is 18.0. The molecule has 6 nitrogen and oxygen atoms in total. The van der Waals surface area contributed by atoms with Crippen LogP contribution in [0.25, 0.3) is 5.52 Å². The van der Waals surface area contributed by atoms with E-state index in [-0.39, 0.29) is 5.91 Å². The van der Waals surface area contributed by atoms with E-state index in [2.05, 4.69) is 14.9 Å². The molecule has 0 atom stereocenters. The number of pyridine rings is 1. The van der Waals surface area contributed by atoms with Crippen molar-refractivity contribution < 1.29 is 4.79 Å². The molecule has 0 aromatic carbocycles. The van der Waals surface area contributed by atoms with Crippen molar-refractivity contribution in [3.63, 3.8) is 0 Å². The van der Waals surface area contributed by atoms with Gasteiger partial charge in [0.2, 0.25) is 0 Å². The van der Waals surface area contributed by atoms with Crippen molar-refractivity contribution in [2.45, 2.75) is 37.8 Å². The number of amides is 1. The zero-order valence-corrected chi connectivity index (χ0v) is 15.2. The predicted molar refractivity (Wildman–Crippen MR) is 104 cm³/mol. The minimum Gasteiger partial charge on any atom is -0.350 e. The van der Waals surface area contributed by atoms with Gasteiger partial charge in [-0.15, -0.1) is 0 Å². The zero-order chi connectivity index (χ0) is 18.2. The molecule has 1 aliphatic carbocycles. The highest BCUT2D eigenvalue weighted by atomic mass is 16.2. The first-order valence-electron chi connectivity index (χ1n) is 9.70. The molecule has 27 heavy (non-hydrogen) atoms. The number of hydrogen-bond donors (Lipinski definition) is 0. The quantitative estimate of drug-likeness (QED) is 0.717. The largest absolute Gasteiger partial charge is 0.350 e. The number of nitrogens with zero attached hydrogens (tertiary/aromatic N) is 5. The highest BCUT2D eigenvalue weighted by Gasteiger charge is 2.37. The van der Waals surface area contributed by atoms with Crippen LogP contribution >= 0.6 is 0 Å². The topological polar surface area (TPSA) is 53.7 Å². The molecule has 1 amide bonds. The Bertz CT molecular complexity index is 908. The van der Waals surface area contributed by atoms with Crippen LogP contribution in [0.3, 0.4) is 0 Å². The molecular formula is C21H23N5O. The number of aromatic nitrogens is 3. The molecule has 0 bridgehead atoms. The summed E-state index contributed by atoms with van der Waals surface area (Å²) in [6.07, 6.45) is 11.8. The van der Waals surface area contributed by atoms with E-state index in [4.69, 9.17) is 0 Å². The first-order chi connectivity index (χ1) is 13.3. The van der Waals surface area contributed by atoms with Gasteiger partial charge >= 0.3 is 0 Å². The van der Waals surface area contributed by atoms with Gasteiger partial charge in [0.05, 0.1) is 5.56 Å². The third-order valence-corrected chi connectivity index (χ3v) is 5.67. The lowest BCUT2D eigenvalue weighted by molar-refractivity contribution is 0.0712. The van der Waals surface area contributed by atoms with E-state index in [1.165, 1.54) is 12.8 Å². The monoisotopic (exact) mass is 361 g/mol. The Hall–Kier alpha value is -2.89. The van der Waals surface area contributed by atoms with Crippen LogP contribution in [0.4, 0.5) is 5.82 Å². The Balaban J connectivity index is 1.28. The molecule has 2 fully saturated rings. The fraction of sp³-hybridized carbons (Fsp3) is 0.381. The van der Waals surface area contributed by atoms with E-state index in [9.17, 15) is 4.79 Å². The second-order valence-electron chi connectivity index (χ2n) is 7.49. The standard InChI is InChI=1S/C21H23N5O/c27-21(16-13-19-3-1-2-10-25(19)14-16)24-11-7-18(8-12-24)26(17-4-5-17)20-6-9-22-15-23-20/h1-3,6,9-10,13-15,17-18H,4-5,7-8,11-12H2. The molecule has 3 aromatic heterocycles. The van der Waals surface area contributed by atoms with Crippen molar-refractivity contribution in [2.24, 2.45) is 0 Å². The molecule has 4 heterocycles. The molecule has 0 unspecified atom stereocenters. The molecule has 6 heteroatoms. The van der Waals surface area contributed by atoms with Gasteiger partial charge in [-0.2, -0.15) is 0 Å². The van der Waals surface area contributed by atoms with Crippen LogP contribution in [0.5, 0.6) is 0 Å². The number of fused-ring (bicyclic) bond motifs is 1. The van der Waals surface area contributed by atoms with Crippen molar-refractivity contribution in [3.05, 3.63) is 60.8 Å². The van der Waals surface area contributed by atoms with Gasteiger partial charge < -0.3 is 14.2 Å². The van der Waals surface area contributed by atoms with E-state index >= 15 is 0 Å². The van der Waals surface area contributed by atoms with Crippen LogP contribution in [0.1, 0.15) is 36.0 Å². The van der Waals surface area contributed by atoms with E-state index < -0.39 is 0 Å². The highest BCUT2D eigenvalue weighted by molar-refractivity contribution is 5.95. The number of carbonyl (C=O) groups excluding carboxylic acids is 1. The van der Waals surface area contributed by atoms with Crippen molar-refractivity contribution in [3.8, 4) is 0 Å². The van der Waals surface area contributed by atoms with Crippen molar-refractivity contribution >= 4 is 17.2 Å². The highest BCUT2D eigenvalue weighted by Crippen LogP contribution is 2.35. The minimum absolute atomic E-state index is 0.136. The molecule has 1 saturated carbocycles. The van der Waals surface area contributed by atoms with Crippen LogP contribution in [-0.4, -0.2) is 50.3 Å². The van der Waals surface area contributed by atoms with Gasteiger partial charge in [0.15, 0.2) is 0 Å². The first kappa shape index (κ1) is 16.3. The Morgan fingerprint density at radius 1 is 1.07 bits per heavy atom. The van der Waals surface area contributed by atoms with Gasteiger partial charge in [-0.05, 0) is 49.9 Å². The predicted octanol–water partition coefficient (Wildman–Crippen LogP) is 3.00. The Morgan fingerprint density at radius 2 is 1.89 bits per heavy atom. The van der Waals surface area contributed by atoms with Gasteiger partial charge in [-0.3, -0.25) is 4.79 Å². The van der Waals surface area contributed by atoms with Crippen LogP contribution in [0, 0.1) is 0 Å². The number of rotatable bonds is 4. The zero-order valence-electron chi connectivity index (χ0n) is 15.2. The average molecular weight is 361 g/mol. The summed E-state index contributed by atoms with van der Waals surface area (Å²) in [4.78, 5) is 25.9. The van der Waals surface area contributed by atoms with Gasteiger partial charge in [0, 0.05) is 49.3 Å². The number of anilines is 1. The molecular weight excluding hydrogens is 338 g/mol. The molecule has 2 aliphatic rings. The van der Waals surface area contributed by atoms with Crippen molar-refractivity contribution in [1.82, 2.24) is 19.3 Å². The summed E-state index contributed by atoms with van der Waals surface area (Å²) in [5.41, 5.74) is 1.83. The lowest BCUT2D eigenvalue weighted by atomic mass is 10.0. The molecule has 0 radical (unpaired) electrons. The van der Waals surface area contributed by atoms with Gasteiger partial charge in [0.1, 0.15) is 12.1 Å².